The Morgan fingerprint density at radius 2 is 1.95 bits per heavy atom. The average Bonchev–Trinajstić information content (AvgIpc) is 3.37. The highest BCUT2D eigenvalue weighted by Gasteiger charge is 2.64. The maximum absolute atomic E-state index is 14.9. The first-order valence-corrected chi connectivity index (χ1v) is 12.5. The molecule has 5 rings (SSSR count). The number of urea groups is 1. The minimum absolute atomic E-state index is 0.0329. The summed E-state index contributed by atoms with van der Waals surface area (Å²) in [5.41, 5.74) is 0.808. The third-order valence-electron chi connectivity index (χ3n) is 7.67. The van der Waals surface area contributed by atoms with Gasteiger partial charge in [-0.15, -0.1) is 0 Å². The number of ether oxygens (including phenoxy) is 2. The number of alkyl halides is 2. The van der Waals surface area contributed by atoms with Gasteiger partial charge in [-0.3, -0.25) is 0 Å². The van der Waals surface area contributed by atoms with E-state index in [4.69, 9.17) is 9.47 Å². The molecule has 2 N–H and O–H groups in total. The summed E-state index contributed by atoms with van der Waals surface area (Å²) >= 11 is 0. The summed E-state index contributed by atoms with van der Waals surface area (Å²) in [5, 5.41) is 11.8. The number of hydrogen-bond donors (Lipinski definition) is 2. The predicted molar refractivity (Wildman–Crippen MR) is 132 cm³/mol. The molecule has 2 amide bonds. The van der Waals surface area contributed by atoms with Crippen LogP contribution in [0, 0.1) is 18.2 Å². The van der Waals surface area contributed by atoms with Crippen molar-refractivity contribution in [2.75, 3.05) is 62.8 Å². The summed E-state index contributed by atoms with van der Waals surface area (Å²) in [6.45, 7) is 4.25. The molecule has 37 heavy (non-hydrogen) atoms. The summed E-state index contributed by atoms with van der Waals surface area (Å²) in [7, 11) is 0. The Bertz CT molecular complexity index is 1170. The van der Waals surface area contributed by atoms with Gasteiger partial charge in [-0.25, -0.2) is 18.0 Å². The molecule has 1 atom stereocenters. The maximum atomic E-state index is 14.9. The van der Waals surface area contributed by atoms with Crippen molar-refractivity contribution in [2.24, 2.45) is 5.41 Å². The van der Waals surface area contributed by atoms with Crippen molar-refractivity contribution in [3.8, 4) is 17.0 Å². The Morgan fingerprint density at radius 1 is 1.16 bits per heavy atom. The number of pyridine rings is 1. The number of morpholine rings is 1. The van der Waals surface area contributed by atoms with Gasteiger partial charge >= 0.3 is 6.03 Å². The van der Waals surface area contributed by atoms with Gasteiger partial charge in [0.1, 0.15) is 18.2 Å². The van der Waals surface area contributed by atoms with Crippen LogP contribution in [0.25, 0.3) is 11.1 Å². The molecular weight excluding hydrogens is 489 g/mol. The molecular formula is C26H31F3N4O4. The van der Waals surface area contributed by atoms with Crippen molar-refractivity contribution >= 4 is 17.5 Å². The number of aromatic nitrogens is 1. The maximum Gasteiger partial charge on any atom is 0.321 e. The van der Waals surface area contributed by atoms with Gasteiger partial charge in [0.2, 0.25) is 5.88 Å². The van der Waals surface area contributed by atoms with E-state index in [-0.39, 0.29) is 44.8 Å². The fourth-order valence-corrected chi connectivity index (χ4v) is 5.32. The quantitative estimate of drug-likeness (QED) is 0.598. The molecule has 1 saturated carbocycles. The monoisotopic (exact) mass is 520 g/mol. The van der Waals surface area contributed by atoms with Gasteiger partial charge in [0, 0.05) is 38.7 Å². The van der Waals surface area contributed by atoms with Crippen LogP contribution in [0.1, 0.15) is 24.8 Å². The van der Waals surface area contributed by atoms with E-state index in [0.29, 0.717) is 61.1 Å². The van der Waals surface area contributed by atoms with Crippen LogP contribution in [-0.2, 0) is 4.74 Å². The van der Waals surface area contributed by atoms with E-state index in [9.17, 15) is 23.1 Å². The minimum Gasteiger partial charge on any atom is -0.475 e. The van der Waals surface area contributed by atoms with Crippen LogP contribution < -0.4 is 15.0 Å². The first-order chi connectivity index (χ1) is 17.7. The van der Waals surface area contributed by atoms with E-state index >= 15 is 0 Å². The molecule has 1 aromatic heterocycles. The summed E-state index contributed by atoms with van der Waals surface area (Å²) in [6, 6.07) is 5.85. The molecule has 8 nitrogen and oxygen atoms in total. The number of aryl methyl sites for hydroxylation is 1. The number of halogens is 3. The molecule has 200 valence electrons. The topological polar surface area (TPSA) is 87.2 Å². The number of rotatable bonds is 6. The van der Waals surface area contributed by atoms with Gasteiger partial charge in [0.05, 0.1) is 30.9 Å². The van der Waals surface area contributed by atoms with Crippen LogP contribution in [0.5, 0.6) is 5.88 Å². The van der Waals surface area contributed by atoms with Crippen molar-refractivity contribution in [1.82, 2.24) is 9.88 Å². The summed E-state index contributed by atoms with van der Waals surface area (Å²) in [4.78, 5) is 20.9. The molecule has 3 heterocycles. The first-order valence-electron chi connectivity index (χ1n) is 12.5. The molecule has 3 fully saturated rings. The fraction of sp³-hybridized carbons (Fsp3) is 0.538. The third-order valence-corrected chi connectivity index (χ3v) is 7.67. The number of aliphatic hydroxyl groups excluding tert-OH is 1. The largest absolute Gasteiger partial charge is 0.475 e. The van der Waals surface area contributed by atoms with Crippen LogP contribution in [-0.4, -0.2) is 79.6 Å². The van der Waals surface area contributed by atoms with Gasteiger partial charge in [-0.1, -0.05) is 0 Å². The Balaban J connectivity index is 1.41. The number of likely N-dealkylation sites (tertiary alicyclic amines) is 1. The Kier molecular flexibility index (Phi) is 6.93. The summed E-state index contributed by atoms with van der Waals surface area (Å²) in [5.74, 6) is -2.41. The van der Waals surface area contributed by atoms with E-state index in [2.05, 4.69) is 15.2 Å². The predicted octanol–water partition coefficient (Wildman–Crippen LogP) is 4.06. The molecule has 1 aromatic carbocycles. The number of nitrogens with one attached hydrogen (secondary N) is 1. The van der Waals surface area contributed by atoms with E-state index < -0.39 is 23.2 Å². The fourth-order valence-electron chi connectivity index (χ4n) is 5.32. The smallest absolute Gasteiger partial charge is 0.321 e. The molecule has 2 aliphatic heterocycles. The molecule has 1 unspecified atom stereocenters. The van der Waals surface area contributed by atoms with Gasteiger partial charge in [-0.05, 0) is 54.7 Å². The second-order valence-corrected chi connectivity index (χ2v) is 9.96. The highest BCUT2D eigenvalue weighted by Crippen LogP contribution is 2.58. The van der Waals surface area contributed by atoms with Crippen molar-refractivity contribution in [3.05, 3.63) is 35.6 Å². The van der Waals surface area contributed by atoms with E-state index in [1.807, 2.05) is 6.07 Å². The summed E-state index contributed by atoms with van der Waals surface area (Å²) in [6.07, 6.45) is 0.481. The van der Waals surface area contributed by atoms with Crippen molar-refractivity contribution in [2.45, 2.75) is 32.1 Å². The molecule has 11 heteroatoms. The highest BCUT2D eigenvalue weighted by molar-refractivity contribution is 5.91. The zero-order chi connectivity index (χ0) is 26.2. The van der Waals surface area contributed by atoms with Gasteiger partial charge < -0.3 is 29.7 Å². The van der Waals surface area contributed by atoms with Crippen molar-refractivity contribution < 1.29 is 32.5 Å². The van der Waals surface area contributed by atoms with E-state index in [1.165, 1.54) is 11.0 Å². The lowest BCUT2D eigenvalue weighted by molar-refractivity contribution is -0.193. The molecule has 1 spiro atoms. The zero-order valence-electron chi connectivity index (χ0n) is 20.7. The average molecular weight is 521 g/mol. The molecule has 0 bridgehead atoms. The first kappa shape index (κ1) is 25.6. The van der Waals surface area contributed by atoms with Crippen molar-refractivity contribution in [1.29, 1.82) is 0 Å². The van der Waals surface area contributed by atoms with Gasteiger partial charge in [-0.2, -0.15) is 4.98 Å². The second-order valence-electron chi connectivity index (χ2n) is 9.96. The lowest BCUT2D eigenvalue weighted by Gasteiger charge is -2.46. The van der Waals surface area contributed by atoms with E-state index in [0.717, 1.165) is 0 Å². The number of hydrogen-bond acceptors (Lipinski definition) is 6. The minimum atomic E-state index is -2.76. The molecule has 0 radical (unpaired) electrons. The molecule has 3 aliphatic rings. The normalized spacial score (nSPS) is 22.7. The van der Waals surface area contributed by atoms with Gasteiger partial charge in [0.25, 0.3) is 5.92 Å². The van der Waals surface area contributed by atoms with Crippen molar-refractivity contribution in [3.63, 3.8) is 0 Å². The summed E-state index contributed by atoms with van der Waals surface area (Å²) < 4.78 is 54.2. The van der Waals surface area contributed by atoms with Gasteiger partial charge in [0.15, 0.2) is 0 Å². The second kappa shape index (κ2) is 10.0. The SMILES string of the molecule is Cc1cc(F)c(NC(=O)N2CCC3(CCC3(F)F)C2)cc1-c1cc(OCCO)nc(N2CCOCC2)c1. The number of aliphatic hydroxyl groups is 1. The van der Waals surface area contributed by atoms with Crippen LogP contribution in [0.2, 0.25) is 0 Å². The number of benzene rings is 1. The third kappa shape index (κ3) is 4.94. The van der Waals surface area contributed by atoms with E-state index in [1.54, 1.807) is 19.1 Å². The lowest BCUT2D eigenvalue weighted by atomic mass is 9.64. The molecule has 2 aromatic rings. The van der Waals surface area contributed by atoms with Crippen LogP contribution in [0.4, 0.5) is 29.5 Å². The Labute approximate surface area is 213 Å². The molecule has 2 saturated heterocycles. The highest BCUT2D eigenvalue weighted by atomic mass is 19.3. The standard InChI is InChI=1S/C26H31F3N4O4/c1-17-12-20(27)21(30-24(35)33-5-4-25(16-33)2-3-26(25,28)29)15-19(17)18-13-22(32-6-9-36-10-7-32)31-23(14-18)37-11-8-34/h12-15,34H,2-11,16H2,1H3,(H,30,35). The lowest BCUT2D eigenvalue weighted by Crippen LogP contribution is -2.53. The van der Waals surface area contributed by atoms with Crippen LogP contribution in [0.15, 0.2) is 24.3 Å². The number of carbonyl (C=O) groups excluding carboxylic acids is 1. The zero-order valence-corrected chi connectivity index (χ0v) is 20.7. The number of nitrogens with zero attached hydrogens (tertiary/aromatic N) is 3. The number of anilines is 2. The van der Waals surface area contributed by atoms with Crippen LogP contribution >= 0.6 is 0 Å². The Morgan fingerprint density at radius 3 is 2.59 bits per heavy atom. The molecule has 1 aliphatic carbocycles. The van der Waals surface area contributed by atoms with Crippen LogP contribution in [0.3, 0.4) is 0 Å². The Hall–Kier alpha value is -3.05. The number of carbonyl (C=O) groups is 1. The number of amides is 2.